The summed E-state index contributed by atoms with van der Waals surface area (Å²) in [5.74, 6) is -0.317. The smallest absolute Gasteiger partial charge is 0.255 e. The lowest BCUT2D eigenvalue weighted by Gasteiger charge is -2.23. The lowest BCUT2D eigenvalue weighted by molar-refractivity contribution is 0.0935. The van der Waals surface area contributed by atoms with Gasteiger partial charge in [-0.25, -0.2) is 8.42 Å². The van der Waals surface area contributed by atoms with E-state index in [0.717, 1.165) is 0 Å². The molecule has 1 aliphatic heterocycles. The number of phenolic OH excluding ortho intramolecular Hbond substituents is 1. The van der Waals surface area contributed by atoms with Crippen molar-refractivity contribution in [1.29, 1.82) is 0 Å². The summed E-state index contributed by atoms with van der Waals surface area (Å²) in [6, 6.07) is 4.54. The van der Waals surface area contributed by atoms with Crippen molar-refractivity contribution in [3.05, 3.63) is 29.3 Å². The van der Waals surface area contributed by atoms with Crippen LogP contribution in [-0.4, -0.2) is 37.0 Å². The molecule has 1 unspecified atom stereocenters. The Balaban J connectivity index is 2.11. The number of aryl methyl sites for hydroxylation is 1. The SMILES string of the molecule is Cc1cccc(C(=O)NC2CCCS(=O)(=O)C2)c1O. The van der Waals surface area contributed by atoms with Crippen molar-refractivity contribution in [1.82, 2.24) is 5.32 Å². The van der Waals surface area contributed by atoms with Gasteiger partial charge in [0.05, 0.1) is 17.1 Å². The van der Waals surface area contributed by atoms with E-state index in [9.17, 15) is 18.3 Å². The quantitative estimate of drug-likeness (QED) is 0.848. The van der Waals surface area contributed by atoms with Crippen molar-refractivity contribution in [2.24, 2.45) is 0 Å². The number of carbonyl (C=O) groups excluding carboxylic acids is 1. The molecule has 1 amide bonds. The molecule has 0 saturated carbocycles. The van der Waals surface area contributed by atoms with Crippen molar-refractivity contribution >= 4 is 15.7 Å². The van der Waals surface area contributed by atoms with Crippen LogP contribution in [0.5, 0.6) is 5.75 Å². The zero-order chi connectivity index (χ0) is 14.0. The number of carbonyl (C=O) groups is 1. The minimum absolute atomic E-state index is 0.0225. The normalized spacial score (nSPS) is 21.8. The van der Waals surface area contributed by atoms with E-state index in [1.807, 2.05) is 0 Å². The van der Waals surface area contributed by atoms with Gasteiger partial charge in [-0.2, -0.15) is 0 Å². The van der Waals surface area contributed by atoms with Crippen LogP contribution in [0.1, 0.15) is 28.8 Å². The Morgan fingerprint density at radius 1 is 1.42 bits per heavy atom. The number of hydrogen-bond donors (Lipinski definition) is 2. The molecular weight excluding hydrogens is 266 g/mol. The maximum atomic E-state index is 12.0. The maximum absolute atomic E-state index is 12.0. The molecule has 1 fully saturated rings. The summed E-state index contributed by atoms with van der Waals surface area (Å²) in [5.41, 5.74) is 0.798. The zero-order valence-electron chi connectivity index (χ0n) is 10.7. The van der Waals surface area contributed by atoms with Crippen LogP contribution in [0.2, 0.25) is 0 Å². The van der Waals surface area contributed by atoms with Gasteiger partial charge in [-0.1, -0.05) is 12.1 Å². The zero-order valence-corrected chi connectivity index (χ0v) is 11.5. The Labute approximate surface area is 112 Å². The summed E-state index contributed by atoms with van der Waals surface area (Å²) in [5, 5.41) is 12.5. The number of nitrogens with one attached hydrogen (secondary N) is 1. The van der Waals surface area contributed by atoms with Gasteiger partial charge in [0.1, 0.15) is 5.75 Å². The highest BCUT2D eigenvalue weighted by molar-refractivity contribution is 7.91. The molecule has 1 saturated heterocycles. The minimum atomic E-state index is -3.06. The lowest BCUT2D eigenvalue weighted by Crippen LogP contribution is -2.43. The molecule has 0 bridgehead atoms. The fourth-order valence-corrected chi connectivity index (χ4v) is 3.88. The number of phenols is 1. The maximum Gasteiger partial charge on any atom is 0.255 e. The van der Waals surface area contributed by atoms with Crippen LogP contribution < -0.4 is 5.32 Å². The highest BCUT2D eigenvalue weighted by Gasteiger charge is 2.26. The average Bonchev–Trinajstić information content (AvgIpc) is 2.31. The number of hydrogen-bond acceptors (Lipinski definition) is 4. The molecular formula is C13H17NO4S. The van der Waals surface area contributed by atoms with Crippen molar-refractivity contribution < 1.29 is 18.3 Å². The van der Waals surface area contributed by atoms with Gasteiger partial charge in [0.2, 0.25) is 0 Å². The van der Waals surface area contributed by atoms with Gasteiger partial charge in [-0.3, -0.25) is 4.79 Å². The summed E-state index contributed by atoms with van der Waals surface area (Å²) in [6.45, 7) is 1.71. The molecule has 0 aliphatic carbocycles. The van der Waals surface area contributed by atoms with Crippen LogP contribution in [0, 0.1) is 6.92 Å². The molecule has 2 rings (SSSR count). The Kier molecular flexibility index (Phi) is 3.80. The fraction of sp³-hybridized carbons (Fsp3) is 0.462. The molecule has 19 heavy (non-hydrogen) atoms. The van der Waals surface area contributed by atoms with Gasteiger partial charge in [-0.15, -0.1) is 0 Å². The minimum Gasteiger partial charge on any atom is -0.507 e. The standard InChI is InChI=1S/C13H17NO4S/c1-9-4-2-6-11(12(9)15)13(16)14-10-5-3-7-19(17,18)8-10/h2,4,6,10,15H,3,5,7-8H2,1H3,(H,14,16). The average molecular weight is 283 g/mol. The predicted molar refractivity (Wildman–Crippen MR) is 72.0 cm³/mol. The molecule has 1 aromatic rings. The molecule has 2 N–H and O–H groups in total. The van der Waals surface area contributed by atoms with E-state index in [2.05, 4.69) is 5.32 Å². The summed E-state index contributed by atoms with van der Waals surface area (Å²) >= 11 is 0. The Hall–Kier alpha value is -1.56. The topological polar surface area (TPSA) is 83.5 Å². The molecule has 0 spiro atoms. The van der Waals surface area contributed by atoms with Gasteiger partial charge in [0, 0.05) is 6.04 Å². The molecule has 0 aromatic heterocycles. The Morgan fingerprint density at radius 2 is 2.16 bits per heavy atom. The molecule has 6 heteroatoms. The molecule has 1 atom stereocenters. The molecule has 0 radical (unpaired) electrons. The molecule has 1 aliphatic rings. The second kappa shape index (κ2) is 5.21. The molecule has 1 heterocycles. The molecule has 5 nitrogen and oxygen atoms in total. The van der Waals surface area contributed by atoms with E-state index in [1.54, 1.807) is 19.1 Å². The van der Waals surface area contributed by atoms with E-state index in [4.69, 9.17) is 0 Å². The van der Waals surface area contributed by atoms with Gasteiger partial charge >= 0.3 is 0 Å². The van der Waals surface area contributed by atoms with Crippen LogP contribution in [0.25, 0.3) is 0 Å². The first-order valence-corrected chi connectivity index (χ1v) is 8.01. The highest BCUT2D eigenvalue weighted by Crippen LogP contribution is 2.22. The van der Waals surface area contributed by atoms with E-state index in [1.165, 1.54) is 6.07 Å². The summed E-state index contributed by atoms with van der Waals surface area (Å²) in [6.07, 6.45) is 1.21. The number of para-hydroxylation sites is 1. The Bertz CT molecular complexity index is 595. The second-order valence-electron chi connectivity index (χ2n) is 4.90. The van der Waals surface area contributed by atoms with Gasteiger partial charge in [-0.05, 0) is 31.4 Å². The number of amides is 1. The second-order valence-corrected chi connectivity index (χ2v) is 7.13. The highest BCUT2D eigenvalue weighted by atomic mass is 32.2. The van der Waals surface area contributed by atoms with Crippen LogP contribution >= 0.6 is 0 Å². The largest absolute Gasteiger partial charge is 0.507 e. The third-order valence-electron chi connectivity index (χ3n) is 3.28. The van der Waals surface area contributed by atoms with Crippen molar-refractivity contribution in [2.45, 2.75) is 25.8 Å². The third kappa shape index (κ3) is 3.26. The first-order chi connectivity index (χ1) is 8.89. The van der Waals surface area contributed by atoms with Crippen LogP contribution in [0.4, 0.5) is 0 Å². The van der Waals surface area contributed by atoms with Crippen LogP contribution in [-0.2, 0) is 9.84 Å². The van der Waals surface area contributed by atoms with Crippen molar-refractivity contribution in [2.75, 3.05) is 11.5 Å². The fourth-order valence-electron chi connectivity index (χ4n) is 2.24. The first kappa shape index (κ1) is 13.9. The third-order valence-corrected chi connectivity index (χ3v) is 5.10. The van der Waals surface area contributed by atoms with Gasteiger partial charge in [0.25, 0.3) is 5.91 Å². The van der Waals surface area contributed by atoms with E-state index in [0.29, 0.717) is 18.4 Å². The van der Waals surface area contributed by atoms with Crippen LogP contribution in [0.3, 0.4) is 0 Å². The van der Waals surface area contributed by atoms with Gasteiger partial charge < -0.3 is 10.4 Å². The van der Waals surface area contributed by atoms with E-state index < -0.39 is 15.7 Å². The summed E-state index contributed by atoms with van der Waals surface area (Å²) in [4.78, 5) is 12.0. The number of sulfone groups is 1. The first-order valence-electron chi connectivity index (χ1n) is 6.19. The summed E-state index contributed by atoms with van der Waals surface area (Å²) < 4.78 is 23.0. The predicted octanol–water partition coefficient (Wildman–Crippen LogP) is 1.01. The van der Waals surface area contributed by atoms with E-state index in [-0.39, 0.29) is 28.9 Å². The molecule has 104 valence electrons. The lowest BCUT2D eigenvalue weighted by atomic mass is 10.1. The van der Waals surface area contributed by atoms with Crippen LogP contribution in [0.15, 0.2) is 18.2 Å². The molecule has 1 aromatic carbocycles. The Morgan fingerprint density at radius 3 is 2.84 bits per heavy atom. The monoisotopic (exact) mass is 283 g/mol. The van der Waals surface area contributed by atoms with E-state index >= 15 is 0 Å². The van der Waals surface area contributed by atoms with Crippen molar-refractivity contribution in [3.8, 4) is 5.75 Å². The van der Waals surface area contributed by atoms with Crippen molar-refractivity contribution in [3.63, 3.8) is 0 Å². The van der Waals surface area contributed by atoms with Gasteiger partial charge in [0.15, 0.2) is 9.84 Å². The number of benzene rings is 1. The number of rotatable bonds is 2. The number of aromatic hydroxyl groups is 1. The summed E-state index contributed by atoms with van der Waals surface area (Å²) in [7, 11) is -3.06.